The Morgan fingerprint density at radius 1 is 1.50 bits per heavy atom. The summed E-state index contributed by atoms with van der Waals surface area (Å²) < 4.78 is 15.0. The first-order valence-corrected chi connectivity index (χ1v) is 5.98. The predicted octanol–water partition coefficient (Wildman–Crippen LogP) is 0.0241. The molecule has 7 heteroatoms. The van der Waals surface area contributed by atoms with Gasteiger partial charge < -0.3 is 19.6 Å². The second-order valence-electron chi connectivity index (χ2n) is 2.89. The molecule has 0 aromatic carbocycles. The van der Waals surface area contributed by atoms with Crippen LogP contribution in [-0.2, 0) is 9.09 Å². The van der Waals surface area contributed by atoms with E-state index in [4.69, 9.17) is 15.1 Å². The maximum Gasteiger partial charge on any atom is 0.383 e. The molecule has 0 saturated heterocycles. The van der Waals surface area contributed by atoms with Gasteiger partial charge in [0.15, 0.2) is 0 Å². The van der Waals surface area contributed by atoms with Crippen LogP contribution in [0.4, 0.5) is 0 Å². The Balaban J connectivity index is 3.98. The maximum atomic E-state index is 10.5. The Labute approximate surface area is 76.1 Å². The zero-order chi connectivity index (χ0) is 9.83. The molecule has 0 aliphatic carbocycles. The number of aliphatic hydroxyl groups is 2. The third-order valence-electron chi connectivity index (χ3n) is 1.34. The molecule has 12 heavy (non-hydrogen) atoms. The molecular weight excluding hydrogens is 203 g/mol. The van der Waals surface area contributed by atoms with E-state index in [2.05, 4.69) is 16.8 Å². The molecule has 1 atom stereocenters. The monoisotopic (exact) mass is 216 g/mol. The Morgan fingerprint density at radius 2 is 1.92 bits per heavy atom. The summed E-state index contributed by atoms with van der Waals surface area (Å²) in [7, 11) is 0. The fourth-order valence-corrected chi connectivity index (χ4v) is 1.03. The summed E-state index contributed by atoms with van der Waals surface area (Å²) in [5.41, 5.74) is -0.902. The standard InChI is InChI=1S/C5H13O5PS/c1-5(2-6,3-7)4-10-11(8,9)12/h6-7H,2-4H2,1H3,(H2,8,9,12). The van der Waals surface area contributed by atoms with Crippen LogP contribution in [0, 0.1) is 5.41 Å². The lowest BCUT2D eigenvalue weighted by Gasteiger charge is -2.24. The smallest absolute Gasteiger partial charge is 0.383 e. The molecule has 1 unspecified atom stereocenters. The second-order valence-corrected chi connectivity index (χ2v) is 5.65. The fraction of sp³-hybridized carbons (Fsp3) is 1.00. The number of hydrogen-bond acceptors (Lipinski definition) is 4. The molecule has 0 aromatic rings. The van der Waals surface area contributed by atoms with Gasteiger partial charge in [-0.05, 0) is 0 Å². The summed E-state index contributed by atoms with van der Waals surface area (Å²) in [6, 6.07) is 0. The molecule has 0 bridgehead atoms. The third-order valence-corrected chi connectivity index (χ3v) is 2.16. The molecule has 0 aliphatic rings. The molecule has 74 valence electrons. The van der Waals surface area contributed by atoms with E-state index >= 15 is 0 Å². The minimum absolute atomic E-state index is 0.211. The van der Waals surface area contributed by atoms with Crippen molar-refractivity contribution in [2.24, 2.45) is 5.41 Å². The molecule has 0 heterocycles. The van der Waals surface area contributed by atoms with Gasteiger partial charge in [0.25, 0.3) is 0 Å². The van der Waals surface area contributed by atoms with Gasteiger partial charge in [-0.3, -0.25) is 0 Å². The number of hydrogen-bond donors (Lipinski definition) is 4. The Kier molecular flexibility index (Phi) is 4.76. The van der Waals surface area contributed by atoms with Gasteiger partial charge in [0.1, 0.15) is 0 Å². The lowest BCUT2D eigenvalue weighted by atomic mass is 9.95. The molecular formula is C5H13O5PS. The molecule has 3 N–H and O–H groups in total. The van der Waals surface area contributed by atoms with Gasteiger partial charge >= 0.3 is 6.80 Å². The van der Waals surface area contributed by atoms with Gasteiger partial charge in [-0.1, -0.05) is 19.2 Å². The molecule has 0 radical (unpaired) electrons. The van der Waals surface area contributed by atoms with E-state index in [-0.39, 0.29) is 19.8 Å². The SMILES string of the molecule is CC(CO)(CO)COP(=O)(O)S. The minimum atomic E-state index is -3.82. The Bertz CT molecular complexity index is 175. The van der Waals surface area contributed by atoms with E-state index in [0.717, 1.165) is 0 Å². The van der Waals surface area contributed by atoms with E-state index in [9.17, 15) is 4.57 Å². The summed E-state index contributed by atoms with van der Waals surface area (Å²) >= 11 is 3.27. The minimum Gasteiger partial charge on any atom is -0.396 e. The molecule has 0 spiro atoms. The van der Waals surface area contributed by atoms with E-state index in [1.54, 1.807) is 0 Å². The van der Waals surface area contributed by atoms with Crippen molar-refractivity contribution < 1.29 is 24.2 Å². The van der Waals surface area contributed by atoms with Crippen LogP contribution in [-0.4, -0.2) is 34.9 Å². The lowest BCUT2D eigenvalue weighted by molar-refractivity contribution is 0.0272. The Morgan fingerprint density at radius 3 is 2.17 bits per heavy atom. The van der Waals surface area contributed by atoms with Crippen LogP contribution in [0.1, 0.15) is 6.92 Å². The first-order chi connectivity index (χ1) is 5.33. The quantitative estimate of drug-likeness (QED) is 0.384. The maximum absolute atomic E-state index is 10.5. The van der Waals surface area contributed by atoms with Crippen molar-refractivity contribution >= 4 is 19.0 Å². The van der Waals surface area contributed by atoms with E-state index < -0.39 is 12.2 Å². The van der Waals surface area contributed by atoms with Crippen molar-refractivity contribution in [2.45, 2.75) is 6.92 Å². The van der Waals surface area contributed by atoms with Crippen molar-refractivity contribution in [3.8, 4) is 0 Å². The Hall–Kier alpha value is 0.420. The first kappa shape index (κ1) is 12.4. The van der Waals surface area contributed by atoms with Crippen LogP contribution in [0.2, 0.25) is 0 Å². The van der Waals surface area contributed by atoms with Crippen LogP contribution in [0.25, 0.3) is 0 Å². The van der Waals surface area contributed by atoms with Crippen LogP contribution in [0.3, 0.4) is 0 Å². The third kappa shape index (κ3) is 5.13. The van der Waals surface area contributed by atoms with Crippen molar-refractivity contribution in [3.05, 3.63) is 0 Å². The highest BCUT2D eigenvalue weighted by Gasteiger charge is 2.26. The summed E-state index contributed by atoms with van der Waals surface area (Å²) in [5.74, 6) is 0. The van der Waals surface area contributed by atoms with Crippen LogP contribution in [0.5, 0.6) is 0 Å². The second kappa shape index (κ2) is 4.60. The molecule has 5 nitrogen and oxygen atoms in total. The van der Waals surface area contributed by atoms with Crippen LogP contribution in [0.15, 0.2) is 0 Å². The van der Waals surface area contributed by atoms with Crippen molar-refractivity contribution in [1.82, 2.24) is 0 Å². The van der Waals surface area contributed by atoms with Gasteiger partial charge in [0.05, 0.1) is 19.8 Å². The van der Waals surface area contributed by atoms with Gasteiger partial charge in [0.2, 0.25) is 0 Å². The lowest BCUT2D eigenvalue weighted by Crippen LogP contribution is -2.30. The van der Waals surface area contributed by atoms with Crippen LogP contribution < -0.4 is 0 Å². The summed E-state index contributed by atoms with van der Waals surface area (Å²) in [4.78, 5) is 8.61. The summed E-state index contributed by atoms with van der Waals surface area (Å²) in [5, 5.41) is 17.5. The van der Waals surface area contributed by atoms with Crippen LogP contribution >= 0.6 is 19.0 Å². The zero-order valence-corrected chi connectivity index (χ0v) is 8.46. The van der Waals surface area contributed by atoms with Gasteiger partial charge in [-0.15, -0.1) is 0 Å². The average Bonchev–Trinajstić information content (AvgIpc) is 1.99. The molecule has 0 fully saturated rings. The van der Waals surface area contributed by atoms with E-state index in [1.165, 1.54) is 6.92 Å². The van der Waals surface area contributed by atoms with Gasteiger partial charge in [-0.25, -0.2) is 4.57 Å². The van der Waals surface area contributed by atoms with Gasteiger partial charge in [0, 0.05) is 5.41 Å². The number of rotatable bonds is 5. The van der Waals surface area contributed by atoms with Gasteiger partial charge in [-0.2, -0.15) is 0 Å². The average molecular weight is 216 g/mol. The highest BCUT2D eigenvalue weighted by atomic mass is 32.7. The molecule has 0 amide bonds. The molecule has 0 aliphatic heterocycles. The molecule has 0 rings (SSSR count). The van der Waals surface area contributed by atoms with Crippen molar-refractivity contribution in [1.29, 1.82) is 0 Å². The summed E-state index contributed by atoms with van der Waals surface area (Å²) in [6.45, 7) is -3.15. The zero-order valence-electron chi connectivity index (χ0n) is 6.67. The largest absolute Gasteiger partial charge is 0.396 e. The predicted molar refractivity (Wildman–Crippen MR) is 47.0 cm³/mol. The highest BCUT2D eigenvalue weighted by Crippen LogP contribution is 2.47. The highest BCUT2D eigenvalue weighted by molar-refractivity contribution is 8.44. The number of thiol groups is 1. The number of aliphatic hydroxyl groups excluding tert-OH is 2. The van der Waals surface area contributed by atoms with E-state index in [0.29, 0.717) is 0 Å². The first-order valence-electron chi connectivity index (χ1n) is 3.25. The fourth-order valence-electron chi connectivity index (χ4n) is 0.381. The summed E-state index contributed by atoms with van der Waals surface area (Å²) in [6.07, 6.45) is 0. The van der Waals surface area contributed by atoms with Crippen molar-refractivity contribution in [3.63, 3.8) is 0 Å². The van der Waals surface area contributed by atoms with E-state index in [1.807, 2.05) is 0 Å². The molecule has 0 aromatic heterocycles. The van der Waals surface area contributed by atoms with Crippen molar-refractivity contribution in [2.75, 3.05) is 19.8 Å². The normalized spacial score (nSPS) is 17.4. The topological polar surface area (TPSA) is 87.0 Å². The molecule has 0 saturated carbocycles.